The van der Waals surface area contributed by atoms with E-state index in [0.29, 0.717) is 31.7 Å². The van der Waals surface area contributed by atoms with E-state index in [9.17, 15) is 8.78 Å². The summed E-state index contributed by atoms with van der Waals surface area (Å²) in [4.78, 5) is 0. The highest BCUT2D eigenvalue weighted by Crippen LogP contribution is 2.29. The van der Waals surface area contributed by atoms with Crippen molar-refractivity contribution in [3.8, 4) is 5.75 Å². The minimum Gasteiger partial charge on any atom is -0.489 e. The van der Waals surface area contributed by atoms with Crippen molar-refractivity contribution in [3.05, 3.63) is 29.0 Å². The Kier molecular flexibility index (Phi) is 3.84. The number of halogens is 3. The van der Waals surface area contributed by atoms with Gasteiger partial charge in [-0.1, -0.05) is 11.6 Å². The van der Waals surface area contributed by atoms with Crippen molar-refractivity contribution in [2.75, 3.05) is 19.7 Å². The van der Waals surface area contributed by atoms with E-state index in [1.807, 2.05) is 0 Å². The van der Waals surface area contributed by atoms with Crippen LogP contribution in [0.25, 0.3) is 0 Å². The molecule has 0 bridgehead atoms. The number of rotatable bonds is 3. The van der Waals surface area contributed by atoms with Gasteiger partial charge in [0.15, 0.2) is 0 Å². The quantitative estimate of drug-likeness (QED) is 0.903. The summed E-state index contributed by atoms with van der Waals surface area (Å²) in [6.45, 7) is 1.26. The maximum absolute atomic E-state index is 14.2. The number of ether oxygens (including phenoxy) is 1. The molecule has 1 aliphatic rings. The molecule has 1 fully saturated rings. The van der Waals surface area contributed by atoms with Crippen LogP contribution in [0.1, 0.15) is 12.8 Å². The number of benzene rings is 1. The number of hydrogen-bond donors (Lipinski definition) is 1. The van der Waals surface area contributed by atoms with Gasteiger partial charge in [0.25, 0.3) is 0 Å². The second kappa shape index (κ2) is 5.19. The summed E-state index contributed by atoms with van der Waals surface area (Å²) in [5, 5.41) is 3.25. The van der Waals surface area contributed by atoms with Crippen LogP contribution in [0.2, 0.25) is 5.02 Å². The van der Waals surface area contributed by atoms with Gasteiger partial charge in [0, 0.05) is 0 Å². The molecule has 94 valence electrons. The average Bonchev–Trinajstić information content (AvgIpc) is 2.29. The first-order valence-electron chi connectivity index (χ1n) is 5.57. The Balaban J connectivity index is 1.97. The molecule has 0 unspecified atom stereocenters. The normalized spacial score (nSPS) is 19.0. The molecule has 0 amide bonds. The molecule has 0 saturated carbocycles. The van der Waals surface area contributed by atoms with Gasteiger partial charge in [-0.15, -0.1) is 0 Å². The van der Waals surface area contributed by atoms with E-state index in [1.165, 1.54) is 12.1 Å². The van der Waals surface area contributed by atoms with Crippen LogP contribution >= 0.6 is 11.6 Å². The highest BCUT2D eigenvalue weighted by molar-refractivity contribution is 6.32. The van der Waals surface area contributed by atoms with Crippen LogP contribution in [0.5, 0.6) is 5.75 Å². The first kappa shape index (κ1) is 12.6. The fraction of sp³-hybridized carbons (Fsp3) is 0.500. The van der Waals surface area contributed by atoms with Crippen molar-refractivity contribution < 1.29 is 13.5 Å². The predicted molar refractivity (Wildman–Crippen MR) is 62.8 cm³/mol. The van der Waals surface area contributed by atoms with Gasteiger partial charge in [-0.25, -0.2) is 8.78 Å². The smallest absolute Gasteiger partial charge is 0.147 e. The third-order valence-corrected chi connectivity index (χ3v) is 3.18. The Morgan fingerprint density at radius 3 is 2.71 bits per heavy atom. The van der Waals surface area contributed by atoms with Gasteiger partial charge in [-0.05, 0) is 44.1 Å². The molecule has 2 nitrogen and oxygen atoms in total. The fourth-order valence-electron chi connectivity index (χ4n) is 1.82. The molecule has 0 aliphatic carbocycles. The SMILES string of the molecule is Fc1ccc(OCC2(F)CCNCC2)c(Cl)c1. The van der Waals surface area contributed by atoms with Gasteiger partial charge in [0.2, 0.25) is 0 Å². The number of piperidine rings is 1. The monoisotopic (exact) mass is 261 g/mol. The zero-order valence-electron chi connectivity index (χ0n) is 9.31. The molecule has 1 saturated heterocycles. The van der Waals surface area contributed by atoms with Crippen LogP contribution in [0, 0.1) is 5.82 Å². The van der Waals surface area contributed by atoms with Gasteiger partial charge in [-0.3, -0.25) is 0 Å². The molecule has 17 heavy (non-hydrogen) atoms. The average molecular weight is 262 g/mol. The van der Waals surface area contributed by atoms with E-state index in [2.05, 4.69) is 5.32 Å². The molecule has 1 aliphatic heterocycles. The van der Waals surface area contributed by atoms with Crippen LogP contribution in [-0.4, -0.2) is 25.4 Å². The summed E-state index contributed by atoms with van der Waals surface area (Å²) in [6.07, 6.45) is 0.845. The molecule has 1 N–H and O–H groups in total. The standard InChI is InChI=1S/C12H14ClF2NO/c13-10-7-9(14)1-2-11(10)17-8-12(15)3-5-16-6-4-12/h1-2,7,16H,3-6,8H2. The molecule has 5 heteroatoms. The van der Waals surface area contributed by atoms with Gasteiger partial charge in [0.1, 0.15) is 23.8 Å². The lowest BCUT2D eigenvalue weighted by Gasteiger charge is -2.29. The summed E-state index contributed by atoms with van der Waals surface area (Å²) in [5.41, 5.74) is -1.32. The Labute approximate surface area is 104 Å². The van der Waals surface area contributed by atoms with Crippen molar-refractivity contribution in [2.24, 2.45) is 0 Å². The van der Waals surface area contributed by atoms with Gasteiger partial charge in [-0.2, -0.15) is 0 Å². The maximum Gasteiger partial charge on any atom is 0.147 e. The highest BCUT2D eigenvalue weighted by atomic mass is 35.5. The minimum absolute atomic E-state index is 0.0416. The Bertz CT molecular complexity index is 394. The lowest BCUT2D eigenvalue weighted by molar-refractivity contribution is 0.0539. The molecule has 0 atom stereocenters. The van der Waals surface area contributed by atoms with Gasteiger partial charge < -0.3 is 10.1 Å². The second-order valence-corrected chi connectivity index (χ2v) is 4.67. The van der Waals surface area contributed by atoms with E-state index < -0.39 is 11.5 Å². The number of nitrogens with one attached hydrogen (secondary N) is 1. The predicted octanol–water partition coefficient (Wildman–Crippen LogP) is 2.95. The molecule has 2 rings (SSSR count). The third-order valence-electron chi connectivity index (χ3n) is 2.88. The Hall–Kier alpha value is -0.870. The van der Waals surface area contributed by atoms with Crippen LogP contribution in [-0.2, 0) is 0 Å². The third kappa shape index (κ3) is 3.30. The van der Waals surface area contributed by atoms with Crippen LogP contribution < -0.4 is 10.1 Å². The van der Waals surface area contributed by atoms with Crippen molar-refractivity contribution in [2.45, 2.75) is 18.5 Å². The van der Waals surface area contributed by atoms with Crippen molar-refractivity contribution >= 4 is 11.6 Å². The molecule has 1 heterocycles. The second-order valence-electron chi connectivity index (χ2n) is 4.26. The van der Waals surface area contributed by atoms with E-state index in [4.69, 9.17) is 16.3 Å². The lowest BCUT2D eigenvalue weighted by Crippen LogP contribution is -2.42. The summed E-state index contributed by atoms with van der Waals surface area (Å²) >= 11 is 5.79. The fourth-order valence-corrected chi connectivity index (χ4v) is 2.04. The highest BCUT2D eigenvalue weighted by Gasteiger charge is 2.32. The van der Waals surface area contributed by atoms with Crippen molar-refractivity contribution in [3.63, 3.8) is 0 Å². The summed E-state index contributed by atoms with van der Waals surface area (Å²) in [5.74, 6) is -0.109. The number of hydrogen-bond acceptors (Lipinski definition) is 2. The molecular weight excluding hydrogens is 248 g/mol. The van der Waals surface area contributed by atoms with Crippen LogP contribution in [0.15, 0.2) is 18.2 Å². The topological polar surface area (TPSA) is 21.3 Å². The van der Waals surface area contributed by atoms with Gasteiger partial charge in [0.05, 0.1) is 5.02 Å². The molecule has 0 spiro atoms. The Morgan fingerprint density at radius 2 is 2.06 bits per heavy atom. The van der Waals surface area contributed by atoms with E-state index in [0.717, 1.165) is 6.07 Å². The van der Waals surface area contributed by atoms with E-state index in [1.54, 1.807) is 0 Å². The van der Waals surface area contributed by atoms with Gasteiger partial charge >= 0.3 is 0 Å². The number of alkyl halides is 1. The molecule has 1 aromatic carbocycles. The lowest BCUT2D eigenvalue weighted by atomic mass is 9.95. The first-order chi connectivity index (χ1) is 8.09. The first-order valence-corrected chi connectivity index (χ1v) is 5.94. The van der Waals surface area contributed by atoms with Crippen molar-refractivity contribution in [1.82, 2.24) is 5.32 Å². The largest absolute Gasteiger partial charge is 0.489 e. The molecule has 1 aromatic rings. The minimum atomic E-state index is -1.32. The van der Waals surface area contributed by atoms with E-state index in [-0.39, 0.29) is 11.6 Å². The Morgan fingerprint density at radius 1 is 1.35 bits per heavy atom. The van der Waals surface area contributed by atoms with Crippen LogP contribution in [0.4, 0.5) is 8.78 Å². The molecule has 0 aromatic heterocycles. The van der Waals surface area contributed by atoms with E-state index >= 15 is 0 Å². The summed E-state index contributed by atoms with van der Waals surface area (Å²) < 4.78 is 32.3. The molecule has 0 radical (unpaired) electrons. The summed E-state index contributed by atoms with van der Waals surface area (Å²) in [6, 6.07) is 3.82. The van der Waals surface area contributed by atoms with Crippen LogP contribution in [0.3, 0.4) is 0 Å². The zero-order valence-corrected chi connectivity index (χ0v) is 10.1. The van der Waals surface area contributed by atoms with Crippen molar-refractivity contribution in [1.29, 1.82) is 0 Å². The molecular formula is C12H14ClF2NO. The summed E-state index contributed by atoms with van der Waals surface area (Å²) in [7, 11) is 0. The zero-order chi connectivity index (χ0) is 12.3. The maximum atomic E-state index is 14.2.